The summed E-state index contributed by atoms with van der Waals surface area (Å²) in [5, 5.41) is 5.07. The number of hydrogen-bond acceptors (Lipinski definition) is 5. The lowest BCUT2D eigenvalue weighted by Crippen LogP contribution is -2.23. The van der Waals surface area contributed by atoms with Gasteiger partial charge < -0.3 is 4.74 Å². The van der Waals surface area contributed by atoms with E-state index in [1.807, 2.05) is 38.1 Å². The number of Topliss-reactive ketones (excluding diaryl/α,β-unsaturated/α-hetero) is 1. The van der Waals surface area contributed by atoms with E-state index >= 15 is 0 Å². The molecule has 1 aliphatic rings. The lowest BCUT2D eigenvalue weighted by atomic mass is 9.92. The summed E-state index contributed by atoms with van der Waals surface area (Å²) in [6, 6.07) is 11.2. The van der Waals surface area contributed by atoms with Crippen molar-refractivity contribution < 1.29 is 9.53 Å². The number of nitrogens with zero attached hydrogens (tertiary/aromatic N) is 4. The predicted octanol–water partition coefficient (Wildman–Crippen LogP) is 2.30. The zero-order chi connectivity index (χ0) is 17.9. The van der Waals surface area contributed by atoms with Crippen LogP contribution in [0.3, 0.4) is 0 Å². The Hall–Kier alpha value is -2.43. The van der Waals surface area contributed by atoms with Crippen molar-refractivity contribution in [1.82, 2.24) is 19.7 Å². The Balaban J connectivity index is 0.000000880. The molecule has 3 heterocycles. The van der Waals surface area contributed by atoms with Gasteiger partial charge in [0.25, 0.3) is 0 Å². The summed E-state index contributed by atoms with van der Waals surface area (Å²) in [4.78, 5) is 21.0. The first-order valence-electron chi connectivity index (χ1n) is 8.05. The molecule has 0 bridgehead atoms. The van der Waals surface area contributed by atoms with Crippen molar-refractivity contribution in [2.75, 3.05) is 6.61 Å². The highest BCUT2D eigenvalue weighted by atomic mass is 31.0. The first-order chi connectivity index (χ1) is 12.2. The number of pyridine rings is 1. The Morgan fingerprint density at radius 1 is 1.20 bits per heavy atom. The smallest absolute Gasteiger partial charge is 0.203 e. The molecule has 128 valence electrons. The molecule has 7 heteroatoms. The van der Waals surface area contributed by atoms with Gasteiger partial charge in [-0.2, -0.15) is 5.10 Å². The number of ketones is 1. The molecule has 1 saturated heterocycles. The summed E-state index contributed by atoms with van der Waals surface area (Å²) in [6.45, 7) is 4.40. The van der Waals surface area contributed by atoms with Gasteiger partial charge in [-0.1, -0.05) is 38.1 Å². The molecule has 1 aromatic carbocycles. The van der Waals surface area contributed by atoms with Gasteiger partial charge in [-0.15, -0.1) is 9.24 Å². The summed E-state index contributed by atoms with van der Waals surface area (Å²) in [5.74, 6) is 0.531. The van der Waals surface area contributed by atoms with Crippen LogP contribution in [0.25, 0.3) is 5.82 Å². The van der Waals surface area contributed by atoms with Gasteiger partial charge >= 0.3 is 0 Å². The number of hydrogen-bond donors (Lipinski definition) is 0. The fourth-order valence-electron chi connectivity index (χ4n) is 2.47. The summed E-state index contributed by atoms with van der Waals surface area (Å²) >= 11 is 0. The van der Waals surface area contributed by atoms with Crippen molar-refractivity contribution in [3.63, 3.8) is 0 Å². The average molecular weight is 354 g/mol. The lowest BCUT2D eigenvalue weighted by Gasteiger charge is -2.11. The molecular weight excluding hydrogens is 335 g/mol. The second-order valence-corrected chi connectivity index (χ2v) is 5.98. The molecule has 0 N–H and O–H groups in total. The van der Waals surface area contributed by atoms with E-state index in [1.54, 1.807) is 24.7 Å². The van der Waals surface area contributed by atoms with E-state index in [4.69, 9.17) is 4.74 Å². The molecule has 0 spiro atoms. The Kier molecular flexibility index (Phi) is 5.02. The molecule has 0 saturated carbocycles. The van der Waals surface area contributed by atoms with Crippen LogP contribution in [0.1, 0.15) is 29.8 Å². The molecule has 0 aliphatic carbocycles. The summed E-state index contributed by atoms with van der Waals surface area (Å²) in [6.07, 6.45) is 4.54. The molecule has 1 aliphatic heterocycles. The third kappa shape index (κ3) is 3.36. The Bertz CT molecular complexity index is 842. The molecule has 4 rings (SSSR count). The van der Waals surface area contributed by atoms with E-state index in [1.165, 1.54) is 11.0 Å². The van der Waals surface area contributed by atoms with Gasteiger partial charge in [-0.05, 0) is 23.0 Å². The zero-order valence-corrected chi connectivity index (χ0v) is 15.2. The van der Waals surface area contributed by atoms with Crippen LogP contribution in [0.15, 0.2) is 55.2 Å². The molecule has 0 amide bonds. The third-order valence-electron chi connectivity index (χ3n) is 3.84. The topological polar surface area (TPSA) is 73.2 Å². The molecule has 6 nitrogen and oxygen atoms in total. The molecule has 2 aromatic heterocycles. The van der Waals surface area contributed by atoms with Gasteiger partial charge in [0.2, 0.25) is 5.78 Å². The first kappa shape index (κ1) is 17.4. The third-order valence-corrected chi connectivity index (χ3v) is 4.23. The Morgan fingerprint density at radius 2 is 1.92 bits per heavy atom. The summed E-state index contributed by atoms with van der Waals surface area (Å²) in [5.41, 5.74) is 0.518. The molecule has 0 radical (unpaired) electrons. The van der Waals surface area contributed by atoms with Crippen molar-refractivity contribution in [3.8, 4) is 5.82 Å². The largest absolute Gasteiger partial charge is 0.356 e. The zero-order valence-electron chi connectivity index (χ0n) is 14.1. The van der Waals surface area contributed by atoms with E-state index in [9.17, 15) is 4.79 Å². The van der Waals surface area contributed by atoms with E-state index in [0.29, 0.717) is 18.0 Å². The predicted molar refractivity (Wildman–Crippen MR) is 98.2 cm³/mol. The van der Waals surface area contributed by atoms with Crippen LogP contribution >= 0.6 is 9.24 Å². The van der Waals surface area contributed by atoms with Gasteiger partial charge in [0, 0.05) is 11.8 Å². The average Bonchev–Trinajstić information content (AvgIpc) is 3.29. The van der Waals surface area contributed by atoms with Gasteiger partial charge in [0.05, 0.1) is 6.61 Å². The van der Waals surface area contributed by atoms with Crippen LogP contribution in [0.5, 0.6) is 0 Å². The van der Waals surface area contributed by atoms with Crippen molar-refractivity contribution in [1.29, 1.82) is 0 Å². The minimum Gasteiger partial charge on any atom is -0.356 e. The van der Waals surface area contributed by atoms with E-state index in [2.05, 4.69) is 24.3 Å². The lowest BCUT2D eigenvalue weighted by molar-refractivity contribution is 0.0870. The second kappa shape index (κ2) is 7.21. The second-order valence-electron chi connectivity index (χ2n) is 5.31. The van der Waals surface area contributed by atoms with Gasteiger partial charge in [-0.25, -0.2) is 14.6 Å². The van der Waals surface area contributed by atoms with Gasteiger partial charge in [-0.3, -0.25) is 4.79 Å². The molecular formula is C18H19N4O2P. The number of carbonyl (C=O) groups excluding carboxylic acids is 1. The standard InChI is InChI=1S/C16H13N4O2P.C2H6/c21-15(16(8-22-16)12-2-4-13(23)5-3-12)11-1-6-14(18-7-11)20-10-17-9-19-20;1-2/h1-7,9-10H,8,23H2;1-2H3. The Labute approximate surface area is 148 Å². The fraction of sp³-hybridized carbons (Fsp3) is 0.222. The van der Waals surface area contributed by atoms with E-state index in [-0.39, 0.29) is 5.78 Å². The number of ether oxygens (including phenoxy) is 1. The van der Waals surface area contributed by atoms with Gasteiger partial charge in [0.1, 0.15) is 12.7 Å². The first-order valence-corrected chi connectivity index (χ1v) is 8.63. The van der Waals surface area contributed by atoms with Crippen molar-refractivity contribution in [3.05, 3.63) is 66.4 Å². The monoisotopic (exact) mass is 354 g/mol. The van der Waals surface area contributed by atoms with Crippen LogP contribution in [0.2, 0.25) is 0 Å². The maximum atomic E-state index is 12.8. The summed E-state index contributed by atoms with van der Waals surface area (Å²) in [7, 11) is 2.63. The van der Waals surface area contributed by atoms with Crippen molar-refractivity contribution >= 4 is 20.3 Å². The number of benzene rings is 1. The molecule has 2 unspecified atom stereocenters. The van der Waals surface area contributed by atoms with Crippen LogP contribution in [0.4, 0.5) is 0 Å². The van der Waals surface area contributed by atoms with E-state index in [0.717, 1.165) is 10.9 Å². The highest BCUT2D eigenvalue weighted by Gasteiger charge is 2.53. The molecule has 3 aromatic rings. The fourth-order valence-corrected chi connectivity index (χ4v) is 2.66. The van der Waals surface area contributed by atoms with Crippen molar-refractivity contribution in [2.24, 2.45) is 0 Å². The number of rotatable bonds is 4. The Morgan fingerprint density at radius 3 is 2.44 bits per heavy atom. The van der Waals surface area contributed by atoms with Crippen LogP contribution < -0.4 is 5.30 Å². The maximum Gasteiger partial charge on any atom is 0.203 e. The van der Waals surface area contributed by atoms with Crippen LogP contribution in [-0.4, -0.2) is 32.1 Å². The molecule has 25 heavy (non-hydrogen) atoms. The number of epoxide rings is 1. The highest BCUT2D eigenvalue weighted by molar-refractivity contribution is 7.27. The minimum absolute atomic E-state index is 0.0772. The number of carbonyl (C=O) groups is 1. The highest BCUT2D eigenvalue weighted by Crippen LogP contribution is 2.41. The summed E-state index contributed by atoms with van der Waals surface area (Å²) < 4.78 is 7.07. The SMILES string of the molecule is CC.O=C(c1ccc(-n2cncn2)nc1)C1(c2ccc(P)cc2)CO1. The van der Waals surface area contributed by atoms with Crippen molar-refractivity contribution in [2.45, 2.75) is 19.4 Å². The minimum atomic E-state index is -0.866. The maximum absolute atomic E-state index is 12.8. The molecule has 1 fully saturated rings. The molecule has 2 atom stereocenters. The quantitative estimate of drug-likeness (QED) is 0.408. The normalized spacial score (nSPS) is 18.2. The number of aromatic nitrogens is 4. The van der Waals surface area contributed by atoms with E-state index < -0.39 is 5.60 Å². The van der Waals surface area contributed by atoms with Gasteiger partial charge in [0.15, 0.2) is 11.4 Å². The van der Waals surface area contributed by atoms with Crippen LogP contribution in [-0.2, 0) is 10.3 Å². The van der Waals surface area contributed by atoms with Crippen LogP contribution in [0, 0.1) is 0 Å².